The van der Waals surface area contributed by atoms with Crippen LogP contribution in [0.4, 0.5) is 5.69 Å². The molecule has 0 bridgehead atoms. The van der Waals surface area contributed by atoms with Gasteiger partial charge < -0.3 is 10.6 Å². The van der Waals surface area contributed by atoms with Crippen molar-refractivity contribution in [1.29, 1.82) is 5.41 Å². The lowest BCUT2D eigenvalue weighted by molar-refractivity contribution is 1.13. The molecule has 1 aromatic rings. The van der Waals surface area contributed by atoms with E-state index in [-0.39, 0.29) is 18.2 Å². The van der Waals surface area contributed by atoms with Gasteiger partial charge in [0, 0.05) is 25.3 Å². The highest BCUT2D eigenvalue weighted by Gasteiger charge is 1.98. The second-order valence-corrected chi connectivity index (χ2v) is 2.86. The Bertz CT molecular complexity index is 297. The Morgan fingerprint density at radius 3 is 2.46 bits per heavy atom. The maximum absolute atomic E-state index is 7.23. The minimum atomic E-state index is 0. The number of nitrogens with two attached hydrogens (primary N) is 1. The van der Waals surface area contributed by atoms with Crippen LogP contribution in [0.1, 0.15) is 5.56 Å². The van der Waals surface area contributed by atoms with Gasteiger partial charge in [0.2, 0.25) is 0 Å². The van der Waals surface area contributed by atoms with Gasteiger partial charge in [-0.25, -0.2) is 0 Å². The first-order valence-corrected chi connectivity index (χ1v) is 3.73. The molecule has 0 saturated heterocycles. The minimum absolute atomic E-state index is 0. The number of amidine groups is 1. The van der Waals surface area contributed by atoms with Gasteiger partial charge in [-0.2, -0.15) is 0 Å². The highest BCUT2D eigenvalue weighted by molar-refractivity contribution is 5.95. The Hall–Kier alpha value is -1.22. The third-order valence-corrected chi connectivity index (χ3v) is 1.67. The van der Waals surface area contributed by atoms with Crippen molar-refractivity contribution in [2.45, 2.75) is 0 Å². The first-order valence-electron chi connectivity index (χ1n) is 3.73. The van der Waals surface area contributed by atoms with Crippen molar-refractivity contribution in [2.75, 3.05) is 19.0 Å². The van der Waals surface area contributed by atoms with E-state index in [4.69, 9.17) is 11.1 Å². The SMILES string of the molecule is CN(C)c1cccc(C(=N)N)c1.Cl. The molecule has 4 heteroatoms. The Morgan fingerprint density at radius 2 is 2.00 bits per heavy atom. The summed E-state index contributed by atoms with van der Waals surface area (Å²) in [6.07, 6.45) is 0. The molecule has 0 aliphatic heterocycles. The van der Waals surface area contributed by atoms with Crippen LogP contribution in [-0.4, -0.2) is 19.9 Å². The summed E-state index contributed by atoms with van der Waals surface area (Å²) < 4.78 is 0. The molecule has 3 N–H and O–H groups in total. The summed E-state index contributed by atoms with van der Waals surface area (Å²) in [7, 11) is 3.92. The molecule has 0 aromatic heterocycles. The molecule has 13 heavy (non-hydrogen) atoms. The summed E-state index contributed by atoms with van der Waals surface area (Å²) in [5.74, 6) is 0.110. The van der Waals surface area contributed by atoms with Crippen molar-refractivity contribution in [3.63, 3.8) is 0 Å². The molecule has 0 unspecified atom stereocenters. The van der Waals surface area contributed by atoms with Crippen LogP contribution in [0.25, 0.3) is 0 Å². The number of benzene rings is 1. The molecule has 0 radical (unpaired) electrons. The van der Waals surface area contributed by atoms with Crippen LogP contribution < -0.4 is 10.6 Å². The van der Waals surface area contributed by atoms with Crippen molar-refractivity contribution in [1.82, 2.24) is 0 Å². The number of hydrogen-bond donors (Lipinski definition) is 2. The summed E-state index contributed by atoms with van der Waals surface area (Å²) in [5, 5.41) is 7.23. The quantitative estimate of drug-likeness (QED) is 0.560. The topological polar surface area (TPSA) is 53.1 Å². The fraction of sp³-hybridized carbons (Fsp3) is 0.222. The van der Waals surface area contributed by atoms with E-state index in [9.17, 15) is 0 Å². The Labute approximate surface area is 84.5 Å². The monoisotopic (exact) mass is 199 g/mol. The van der Waals surface area contributed by atoms with Crippen molar-refractivity contribution < 1.29 is 0 Å². The summed E-state index contributed by atoms with van der Waals surface area (Å²) >= 11 is 0. The average Bonchev–Trinajstić information content (AvgIpc) is 2.04. The van der Waals surface area contributed by atoms with E-state index in [0.717, 1.165) is 11.3 Å². The normalized spacial score (nSPS) is 8.77. The van der Waals surface area contributed by atoms with Gasteiger partial charge in [0.25, 0.3) is 0 Å². The van der Waals surface area contributed by atoms with Gasteiger partial charge in [0.15, 0.2) is 0 Å². The van der Waals surface area contributed by atoms with Gasteiger partial charge >= 0.3 is 0 Å². The van der Waals surface area contributed by atoms with Crippen LogP contribution in [-0.2, 0) is 0 Å². The van der Waals surface area contributed by atoms with Gasteiger partial charge in [0.1, 0.15) is 5.84 Å². The lowest BCUT2D eigenvalue weighted by Gasteiger charge is -2.12. The molecule has 0 amide bonds. The molecule has 0 atom stereocenters. The van der Waals surface area contributed by atoms with E-state index in [1.54, 1.807) is 0 Å². The molecule has 0 heterocycles. The number of nitrogens with one attached hydrogen (secondary N) is 1. The lowest BCUT2D eigenvalue weighted by atomic mass is 10.2. The van der Waals surface area contributed by atoms with Crippen LogP contribution in [0.3, 0.4) is 0 Å². The first kappa shape index (κ1) is 11.8. The third kappa shape index (κ3) is 2.95. The molecule has 72 valence electrons. The second-order valence-electron chi connectivity index (χ2n) is 2.86. The van der Waals surface area contributed by atoms with Crippen molar-refractivity contribution in [3.8, 4) is 0 Å². The van der Waals surface area contributed by atoms with E-state index < -0.39 is 0 Å². The van der Waals surface area contributed by atoms with Crippen LogP contribution in [0.15, 0.2) is 24.3 Å². The van der Waals surface area contributed by atoms with E-state index in [2.05, 4.69) is 0 Å². The minimum Gasteiger partial charge on any atom is -0.384 e. The number of nitrogens with zero attached hydrogens (tertiary/aromatic N) is 1. The second kappa shape index (κ2) is 4.72. The smallest absolute Gasteiger partial charge is 0.122 e. The Balaban J connectivity index is 0.00000144. The number of rotatable bonds is 2. The van der Waals surface area contributed by atoms with Gasteiger partial charge in [-0.05, 0) is 12.1 Å². The van der Waals surface area contributed by atoms with Crippen LogP contribution in [0.2, 0.25) is 0 Å². The van der Waals surface area contributed by atoms with Crippen LogP contribution in [0.5, 0.6) is 0 Å². The average molecular weight is 200 g/mol. The van der Waals surface area contributed by atoms with Crippen molar-refractivity contribution >= 4 is 23.9 Å². The van der Waals surface area contributed by atoms with Gasteiger partial charge in [-0.1, -0.05) is 12.1 Å². The summed E-state index contributed by atoms with van der Waals surface area (Å²) in [6.45, 7) is 0. The van der Waals surface area contributed by atoms with Crippen LogP contribution in [0, 0.1) is 5.41 Å². The van der Waals surface area contributed by atoms with Gasteiger partial charge in [-0.15, -0.1) is 12.4 Å². The van der Waals surface area contributed by atoms with Gasteiger partial charge in [0.05, 0.1) is 0 Å². The molecule has 0 fully saturated rings. The fourth-order valence-electron chi connectivity index (χ4n) is 0.952. The molecule has 3 nitrogen and oxygen atoms in total. The maximum Gasteiger partial charge on any atom is 0.122 e. The largest absolute Gasteiger partial charge is 0.384 e. The third-order valence-electron chi connectivity index (χ3n) is 1.67. The molecule has 1 aromatic carbocycles. The molecule has 0 aliphatic rings. The summed E-state index contributed by atoms with van der Waals surface area (Å²) in [6, 6.07) is 7.59. The fourth-order valence-corrected chi connectivity index (χ4v) is 0.952. The number of nitrogen functional groups attached to an aromatic ring is 1. The molecular formula is C9H14ClN3. The van der Waals surface area contributed by atoms with Crippen molar-refractivity contribution in [2.24, 2.45) is 5.73 Å². The van der Waals surface area contributed by atoms with E-state index in [1.165, 1.54) is 0 Å². The zero-order valence-corrected chi connectivity index (χ0v) is 8.56. The number of anilines is 1. The summed E-state index contributed by atoms with van der Waals surface area (Å²) in [4.78, 5) is 1.98. The number of halogens is 1. The molecule has 0 spiro atoms. The summed E-state index contributed by atoms with van der Waals surface area (Å²) in [5.41, 5.74) is 7.17. The highest BCUT2D eigenvalue weighted by atomic mass is 35.5. The maximum atomic E-state index is 7.23. The van der Waals surface area contributed by atoms with E-state index in [0.29, 0.717) is 0 Å². The Morgan fingerprint density at radius 1 is 1.38 bits per heavy atom. The Kier molecular flexibility index (Phi) is 4.28. The predicted octanol–water partition coefficient (Wildman–Crippen LogP) is 1.46. The molecule has 0 aliphatic carbocycles. The number of hydrogen-bond acceptors (Lipinski definition) is 2. The zero-order chi connectivity index (χ0) is 9.14. The molecule has 1 rings (SSSR count). The van der Waals surface area contributed by atoms with Crippen LogP contribution >= 0.6 is 12.4 Å². The van der Waals surface area contributed by atoms with Crippen molar-refractivity contribution in [3.05, 3.63) is 29.8 Å². The standard InChI is InChI=1S/C9H13N3.ClH/c1-12(2)8-5-3-4-7(6-8)9(10)11;/h3-6H,1-2H3,(H3,10,11);1H. The first-order chi connectivity index (χ1) is 5.61. The van der Waals surface area contributed by atoms with Gasteiger partial charge in [-0.3, -0.25) is 5.41 Å². The highest BCUT2D eigenvalue weighted by Crippen LogP contribution is 2.12. The zero-order valence-electron chi connectivity index (χ0n) is 7.74. The predicted molar refractivity (Wildman–Crippen MR) is 59.0 cm³/mol. The van der Waals surface area contributed by atoms with E-state index in [1.807, 2.05) is 43.3 Å². The molecule has 0 saturated carbocycles. The van der Waals surface area contributed by atoms with E-state index >= 15 is 0 Å². The lowest BCUT2D eigenvalue weighted by Crippen LogP contribution is -2.13. The molecular weight excluding hydrogens is 186 g/mol.